The molecule has 1 aromatic rings. The molecule has 0 fully saturated rings. The van der Waals surface area contributed by atoms with E-state index in [9.17, 15) is 4.79 Å². The summed E-state index contributed by atoms with van der Waals surface area (Å²) in [6, 6.07) is 3.56. The Morgan fingerprint density at radius 2 is 2.33 bits per heavy atom. The molecular weight excluding hydrogens is 302 g/mol. The van der Waals surface area contributed by atoms with Gasteiger partial charge in [-0.25, -0.2) is 4.79 Å². The van der Waals surface area contributed by atoms with E-state index in [1.165, 1.54) is 0 Å². The van der Waals surface area contributed by atoms with Crippen LogP contribution >= 0.6 is 15.9 Å². The molecule has 0 radical (unpaired) electrons. The molecule has 1 N–H and O–H groups in total. The van der Waals surface area contributed by atoms with Crippen LogP contribution < -0.4 is 14.8 Å². The van der Waals surface area contributed by atoms with Crippen molar-refractivity contribution in [2.45, 2.75) is 19.8 Å². The lowest BCUT2D eigenvalue weighted by atomic mass is 10.2. The van der Waals surface area contributed by atoms with Gasteiger partial charge in [0.05, 0.1) is 6.61 Å². The van der Waals surface area contributed by atoms with E-state index in [1.54, 1.807) is 12.1 Å². The molecule has 98 valence electrons. The third kappa shape index (κ3) is 2.87. The molecule has 0 unspecified atom stereocenters. The number of carbonyl (C=O) groups excluding carboxylic acids is 1. The van der Waals surface area contributed by atoms with E-state index in [-0.39, 0.29) is 6.79 Å². The van der Waals surface area contributed by atoms with E-state index < -0.39 is 6.09 Å². The fourth-order valence-electron chi connectivity index (χ4n) is 1.51. The summed E-state index contributed by atoms with van der Waals surface area (Å²) in [7, 11) is 0. The summed E-state index contributed by atoms with van der Waals surface area (Å²) in [6.45, 7) is 2.60. The first-order valence-electron chi connectivity index (χ1n) is 5.74. The van der Waals surface area contributed by atoms with Crippen LogP contribution in [0.2, 0.25) is 0 Å². The molecule has 2 rings (SSSR count). The largest absolute Gasteiger partial charge is 0.454 e. The molecule has 0 saturated heterocycles. The maximum absolute atomic E-state index is 11.6. The first kappa shape index (κ1) is 13.0. The highest BCUT2D eigenvalue weighted by atomic mass is 79.9. The van der Waals surface area contributed by atoms with Crippen molar-refractivity contribution in [2.24, 2.45) is 0 Å². The fraction of sp³-hybridized carbons (Fsp3) is 0.417. The van der Waals surface area contributed by atoms with Gasteiger partial charge in [-0.3, -0.25) is 5.32 Å². The summed E-state index contributed by atoms with van der Waals surface area (Å²) in [4.78, 5) is 11.6. The monoisotopic (exact) mass is 315 g/mol. The Morgan fingerprint density at radius 3 is 3.11 bits per heavy atom. The lowest BCUT2D eigenvalue weighted by molar-refractivity contribution is 0.159. The summed E-state index contributed by atoms with van der Waals surface area (Å²) in [6.07, 6.45) is 1.34. The number of carbonyl (C=O) groups is 1. The Balaban J connectivity index is 2.05. The van der Waals surface area contributed by atoms with Crippen molar-refractivity contribution in [2.75, 3.05) is 18.7 Å². The van der Waals surface area contributed by atoms with Gasteiger partial charge < -0.3 is 14.2 Å². The molecule has 0 saturated carbocycles. The molecular formula is C12H14BrNO4. The SMILES string of the molecule is CCCCOC(=O)Nc1c(Br)ccc2c1OCO2. The molecule has 0 bridgehead atoms. The maximum Gasteiger partial charge on any atom is 0.411 e. The standard InChI is InChI=1S/C12H14BrNO4/c1-2-3-6-16-12(15)14-10-8(13)4-5-9-11(10)18-7-17-9/h4-5H,2-3,6-7H2,1H3,(H,14,15). The molecule has 0 atom stereocenters. The van der Waals surface area contributed by atoms with Gasteiger partial charge in [-0.05, 0) is 34.5 Å². The number of unbranched alkanes of at least 4 members (excludes halogenated alkanes) is 1. The minimum absolute atomic E-state index is 0.158. The number of nitrogens with one attached hydrogen (secondary N) is 1. The van der Waals surface area contributed by atoms with Gasteiger partial charge in [-0.2, -0.15) is 0 Å². The topological polar surface area (TPSA) is 56.8 Å². The number of benzene rings is 1. The lowest BCUT2D eigenvalue weighted by Gasteiger charge is -2.10. The molecule has 0 aromatic heterocycles. The number of rotatable bonds is 4. The zero-order valence-corrected chi connectivity index (χ0v) is 11.6. The predicted octanol–water partition coefficient (Wildman–Crippen LogP) is 3.53. The highest BCUT2D eigenvalue weighted by Gasteiger charge is 2.21. The average Bonchev–Trinajstić information content (AvgIpc) is 2.82. The predicted molar refractivity (Wildman–Crippen MR) is 70.1 cm³/mol. The van der Waals surface area contributed by atoms with Crippen molar-refractivity contribution in [3.05, 3.63) is 16.6 Å². The zero-order chi connectivity index (χ0) is 13.0. The number of halogens is 1. The molecule has 18 heavy (non-hydrogen) atoms. The van der Waals surface area contributed by atoms with Crippen LogP contribution in [0.3, 0.4) is 0 Å². The van der Waals surface area contributed by atoms with Crippen molar-refractivity contribution in [3.8, 4) is 11.5 Å². The average molecular weight is 316 g/mol. The van der Waals surface area contributed by atoms with E-state index in [2.05, 4.69) is 21.2 Å². The normalized spacial score (nSPS) is 12.3. The first-order valence-corrected chi connectivity index (χ1v) is 6.53. The molecule has 0 aliphatic carbocycles. The van der Waals surface area contributed by atoms with Gasteiger partial charge in [-0.15, -0.1) is 0 Å². The van der Waals surface area contributed by atoms with Crippen molar-refractivity contribution in [1.29, 1.82) is 0 Å². The first-order chi connectivity index (χ1) is 8.72. The second-order valence-corrected chi connectivity index (χ2v) is 4.62. The molecule has 6 heteroatoms. The molecule has 1 heterocycles. The Kier molecular flexibility index (Phi) is 4.30. The molecule has 0 spiro atoms. The Hall–Kier alpha value is -1.43. The summed E-state index contributed by atoms with van der Waals surface area (Å²) >= 11 is 3.35. The van der Waals surface area contributed by atoms with Crippen LogP contribution in [0.25, 0.3) is 0 Å². The van der Waals surface area contributed by atoms with Gasteiger partial charge in [0, 0.05) is 4.47 Å². The van der Waals surface area contributed by atoms with Crippen molar-refractivity contribution in [1.82, 2.24) is 0 Å². The van der Waals surface area contributed by atoms with Gasteiger partial charge >= 0.3 is 6.09 Å². The highest BCUT2D eigenvalue weighted by Crippen LogP contribution is 2.43. The smallest absolute Gasteiger partial charge is 0.411 e. The number of amides is 1. The zero-order valence-electron chi connectivity index (χ0n) is 9.99. The number of hydrogen-bond acceptors (Lipinski definition) is 4. The van der Waals surface area contributed by atoms with E-state index in [0.29, 0.717) is 23.8 Å². The van der Waals surface area contributed by atoms with Gasteiger partial charge in [0.25, 0.3) is 0 Å². The number of anilines is 1. The Labute approximate surface area is 114 Å². The molecule has 1 amide bonds. The maximum atomic E-state index is 11.6. The Morgan fingerprint density at radius 1 is 1.50 bits per heavy atom. The van der Waals surface area contributed by atoms with Crippen molar-refractivity contribution in [3.63, 3.8) is 0 Å². The van der Waals surface area contributed by atoms with E-state index in [0.717, 1.165) is 17.3 Å². The number of hydrogen-bond donors (Lipinski definition) is 1. The van der Waals surface area contributed by atoms with E-state index in [1.807, 2.05) is 6.92 Å². The molecule has 1 aliphatic heterocycles. The van der Waals surface area contributed by atoms with Crippen LogP contribution in [0, 0.1) is 0 Å². The summed E-state index contributed by atoms with van der Waals surface area (Å²) < 4.78 is 16.3. The summed E-state index contributed by atoms with van der Waals surface area (Å²) in [5, 5.41) is 2.66. The third-order valence-electron chi connectivity index (χ3n) is 2.45. The third-order valence-corrected chi connectivity index (χ3v) is 3.11. The fourth-order valence-corrected chi connectivity index (χ4v) is 1.92. The highest BCUT2D eigenvalue weighted by molar-refractivity contribution is 9.10. The minimum Gasteiger partial charge on any atom is -0.454 e. The van der Waals surface area contributed by atoms with E-state index >= 15 is 0 Å². The molecule has 5 nitrogen and oxygen atoms in total. The Bertz CT molecular complexity index is 450. The van der Waals surface area contributed by atoms with Crippen molar-refractivity contribution < 1.29 is 19.0 Å². The van der Waals surface area contributed by atoms with Gasteiger partial charge in [0.2, 0.25) is 6.79 Å². The lowest BCUT2D eigenvalue weighted by Crippen LogP contribution is -2.15. The summed E-state index contributed by atoms with van der Waals surface area (Å²) in [5.74, 6) is 1.14. The van der Waals surface area contributed by atoms with E-state index in [4.69, 9.17) is 14.2 Å². The quantitative estimate of drug-likeness (QED) is 0.864. The van der Waals surface area contributed by atoms with Crippen LogP contribution in [-0.2, 0) is 4.74 Å². The summed E-state index contributed by atoms with van der Waals surface area (Å²) in [5.41, 5.74) is 0.534. The number of fused-ring (bicyclic) bond motifs is 1. The van der Waals surface area contributed by atoms with Gasteiger partial charge in [0.1, 0.15) is 5.69 Å². The van der Waals surface area contributed by atoms with Crippen LogP contribution in [0.15, 0.2) is 16.6 Å². The van der Waals surface area contributed by atoms with Gasteiger partial charge in [0.15, 0.2) is 11.5 Å². The molecule has 1 aromatic carbocycles. The van der Waals surface area contributed by atoms with Crippen LogP contribution in [-0.4, -0.2) is 19.5 Å². The van der Waals surface area contributed by atoms with Crippen LogP contribution in [0.1, 0.15) is 19.8 Å². The van der Waals surface area contributed by atoms with Crippen molar-refractivity contribution >= 4 is 27.7 Å². The van der Waals surface area contributed by atoms with Crippen LogP contribution in [0.4, 0.5) is 10.5 Å². The van der Waals surface area contributed by atoms with Crippen LogP contribution in [0.5, 0.6) is 11.5 Å². The number of ether oxygens (including phenoxy) is 3. The second kappa shape index (κ2) is 5.95. The second-order valence-electron chi connectivity index (χ2n) is 3.77. The molecule has 1 aliphatic rings. The van der Waals surface area contributed by atoms with Gasteiger partial charge in [-0.1, -0.05) is 13.3 Å². The minimum atomic E-state index is -0.493.